The summed E-state index contributed by atoms with van der Waals surface area (Å²) in [5, 5.41) is 4.55. The van der Waals surface area contributed by atoms with Crippen molar-refractivity contribution >= 4 is 11.8 Å². The van der Waals surface area contributed by atoms with Gasteiger partial charge in [0.15, 0.2) is 0 Å². The van der Waals surface area contributed by atoms with Crippen LogP contribution in [0.5, 0.6) is 0 Å². The molecule has 0 aromatic heterocycles. The van der Waals surface area contributed by atoms with Gasteiger partial charge in [0.05, 0.1) is 0 Å². The van der Waals surface area contributed by atoms with E-state index in [-0.39, 0.29) is 0 Å². The van der Waals surface area contributed by atoms with Gasteiger partial charge in [0.1, 0.15) is 0 Å². The molecular formula is C14H19NS. The van der Waals surface area contributed by atoms with Gasteiger partial charge in [-0.1, -0.05) is 31.2 Å². The third-order valence-corrected chi connectivity index (χ3v) is 5.43. The van der Waals surface area contributed by atoms with Gasteiger partial charge in [0.25, 0.3) is 0 Å². The zero-order valence-corrected chi connectivity index (χ0v) is 10.8. The first-order valence-corrected chi connectivity index (χ1v) is 7.27. The van der Waals surface area contributed by atoms with Crippen LogP contribution in [0.4, 0.5) is 0 Å². The van der Waals surface area contributed by atoms with E-state index in [4.69, 9.17) is 0 Å². The SMILES string of the molecule is CC1CSC2CC(C)c3ccccc3C2N1. The molecule has 2 heteroatoms. The van der Waals surface area contributed by atoms with Crippen molar-refractivity contribution in [2.24, 2.45) is 0 Å². The molecule has 3 rings (SSSR count). The van der Waals surface area contributed by atoms with Crippen LogP contribution in [0.25, 0.3) is 0 Å². The molecule has 1 N–H and O–H groups in total. The predicted molar refractivity (Wildman–Crippen MR) is 71.1 cm³/mol. The van der Waals surface area contributed by atoms with Gasteiger partial charge in [0.2, 0.25) is 0 Å². The van der Waals surface area contributed by atoms with Crippen LogP contribution in [0.2, 0.25) is 0 Å². The number of hydrogen-bond acceptors (Lipinski definition) is 2. The van der Waals surface area contributed by atoms with Gasteiger partial charge in [-0.05, 0) is 30.4 Å². The van der Waals surface area contributed by atoms with Gasteiger partial charge >= 0.3 is 0 Å². The van der Waals surface area contributed by atoms with Crippen molar-refractivity contribution in [2.75, 3.05) is 5.75 Å². The minimum absolute atomic E-state index is 0.584. The lowest BCUT2D eigenvalue weighted by molar-refractivity contribution is 0.401. The van der Waals surface area contributed by atoms with Crippen LogP contribution in [-0.4, -0.2) is 17.0 Å². The summed E-state index contributed by atoms with van der Waals surface area (Å²) < 4.78 is 0. The van der Waals surface area contributed by atoms with Crippen LogP contribution in [0, 0.1) is 0 Å². The normalized spacial score (nSPS) is 37.6. The smallest absolute Gasteiger partial charge is 0.0445 e. The molecule has 86 valence electrons. The lowest BCUT2D eigenvalue weighted by atomic mass is 9.80. The average molecular weight is 233 g/mol. The molecule has 1 heterocycles. The molecule has 1 aliphatic heterocycles. The fourth-order valence-electron chi connectivity index (χ4n) is 3.04. The number of benzene rings is 1. The Kier molecular flexibility index (Phi) is 2.72. The zero-order valence-electron chi connectivity index (χ0n) is 9.94. The molecule has 4 atom stereocenters. The van der Waals surface area contributed by atoms with Crippen LogP contribution in [-0.2, 0) is 0 Å². The lowest BCUT2D eigenvalue weighted by Gasteiger charge is -2.42. The first kappa shape index (κ1) is 10.7. The van der Waals surface area contributed by atoms with E-state index in [9.17, 15) is 0 Å². The summed E-state index contributed by atoms with van der Waals surface area (Å²) >= 11 is 2.16. The van der Waals surface area contributed by atoms with Gasteiger partial charge in [-0.3, -0.25) is 0 Å². The predicted octanol–water partition coefficient (Wildman–Crippen LogP) is 3.33. The largest absolute Gasteiger partial charge is 0.306 e. The Balaban J connectivity index is 2.00. The van der Waals surface area contributed by atoms with Crippen LogP contribution in [0.1, 0.15) is 43.4 Å². The minimum Gasteiger partial charge on any atom is -0.306 e. The van der Waals surface area contributed by atoms with Crippen LogP contribution in [0.3, 0.4) is 0 Å². The first-order chi connectivity index (χ1) is 7.75. The first-order valence-electron chi connectivity index (χ1n) is 6.22. The van der Waals surface area contributed by atoms with Gasteiger partial charge in [-0.25, -0.2) is 0 Å². The Hall–Kier alpha value is -0.470. The molecule has 2 aliphatic rings. The Bertz CT molecular complexity index is 390. The summed E-state index contributed by atoms with van der Waals surface area (Å²) in [4.78, 5) is 0. The number of thioether (sulfide) groups is 1. The van der Waals surface area contributed by atoms with Crippen molar-refractivity contribution in [3.63, 3.8) is 0 Å². The Labute approximate surface area is 102 Å². The highest BCUT2D eigenvalue weighted by Gasteiger charge is 2.36. The van der Waals surface area contributed by atoms with Crippen LogP contribution < -0.4 is 5.32 Å². The van der Waals surface area contributed by atoms with E-state index < -0.39 is 0 Å². The van der Waals surface area contributed by atoms with Crippen LogP contribution >= 0.6 is 11.8 Å². The third kappa shape index (κ3) is 1.68. The van der Waals surface area contributed by atoms with Crippen LogP contribution in [0.15, 0.2) is 24.3 Å². The molecular weight excluding hydrogens is 214 g/mol. The Morgan fingerprint density at radius 1 is 1.19 bits per heavy atom. The maximum absolute atomic E-state index is 3.77. The summed E-state index contributed by atoms with van der Waals surface area (Å²) in [6.45, 7) is 4.66. The summed E-state index contributed by atoms with van der Waals surface area (Å²) in [5.41, 5.74) is 3.11. The second kappa shape index (κ2) is 4.08. The molecule has 1 fully saturated rings. The van der Waals surface area contributed by atoms with E-state index in [2.05, 4.69) is 55.2 Å². The van der Waals surface area contributed by atoms with Crippen molar-refractivity contribution in [2.45, 2.75) is 43.5 Å². The van der Waals surface area contributed by atoms with E-state index in [1.54, 1.807) is 11.1 Å². The van der Waals surface area contributed by atoms with Gasteiger partial charge < -0.3 is 5.32 Å². The monoisotopic (exact) mass is 233 g/mol. The molecule has 1 saturated heterocycles. The van der Waals surface area contributed by atoms with Crippen molar-refractivity contribution in [3.05, 3.63) is 35.4 Å². The highest BCUT2D eigenvalue weighted by atomic mass is 32.2. The van der Waals surface area contributed by atoms with Crippen molar-refractivity contribution < 1.29 is 0 Å². The maximum Gasteiger partial charge on any atom is 0.0445 e. The fraction of sp³-hybridized carbons (Fsp3) is 0.571. The second-order valence-corrected chi connectivity index (χ2v) is 6.46. The van der Waals surface area contributed by atoms with Crippen molar-refractivity contribution in [3.8, 4) is 0 Å². The lowest BCUT2D eigenvalue weighted by Crippen LogP contribution is -2.45. The fourth-order valence-corrected chi connectivity index (χ4v) is 4.51. The molecule has 1 aromatic rings. The maximum atomic E-state index is 3.77. The molecule has 0 radical (unpaired) electrons. The van der Waals surface area contributed by atoms with E-state index in [1.807, 2.05) is 0 Å². The topological polar surface area (TPSA) is 12.0 Å². The molecule has 0 bridgehead atoms. The number of fused-ring (bicyclic) bond motifs is 3. The molecule has 0 amide bonds. The minimum atomic E-state index is 0.584. The molecule has 4 unspecified atom stereocenters. The Morgan fingerprint density at radius 3 is 2.75 bits per heavy atom. The quantitative estimate of drug-likeness (QED) is 0.737. The number of rotatable bonds is 0. The summed E-state index contributed by atoms with van der Waals surface area (Å²) in [5.74, 6) is 1.98. The van der Waals surface area contributed by atoms with E-state index in [0.29, 0.717) is 12.1 Å². The van der Waals surface area contributed by atoms with E-state index in [0.717, 1.165) is 11.2 Å². The van der Waals surface area contributed by atoms with E-state index in [1.165, 1.54) is 12.2 Å². The molecule has 0 spiro atoms. The van der Waals surface area contributed by atoms with E-state index >= 15 is 0 Å². The summed E-state index contributed by atoms with van der Waals surface area (Å²) in [6, 6.07) is 10.2. The van der Waals surface area contributed by atoms with Gasteiger partial charge in [0, 0.05) is 23.1 Å². The second-order valence-electron chi connectivity index (χ2n) is 5.18. The third-order valence-electron chi connectivity index (χ3n) is 3.84. The molecule has 16 heavy (non-hydrogen) atoms. The van der Waals surface area contributed by atoms with Crippen molar-refractivity contribution in [1.29, 1.82) is 0 Å². The van der Waals surface area contributed by atoms with Gasteiger partial charge in [-0.2, -0.15) is 11.8 Å². The average Bonchev–Trinajstić information content (AvgIpc) is 2.31. The Morgan fingerprint density at radius 2 is 1.94 bits per heavy atom. The van der Waals surface area contributed by atoms with Crippen molar-refractivity contribution in [1.82, 2.24) is 5.32 Å². The highest BCUT2D eigenvalue weighted by Crippen LogP contribution is 2.44. The number of hydrogen-bond donors (Lipinski definition) is 1. The van der Waals surface area contributed by atoms with Gasteiger partial charge in [-0.15, -0.1) is 0 Å². The number of nitrogens with one attached hydrogen (secondary N) is 1. The highest BCUT2D eigenvalue weighted by molar-refractivity contribution is 8.00. The molecule has 1 aromatic carbocycles. The summed E-state index contributed by atoms with van der Waals surface area (Å²) in [6.07, 6.45) is 1.33. The summed E-state index contributed by atoms with van der Waals surface area (Å²) in [7, 11) is 0. The zero-order chi connectivity index (χ0) is 11.1. The molecule has 1 aliphatic carbocycles. The molecule has 1 nitrogen and oxygen atoms in total. The molecule has 0 saturated carbocycles. The standard InChI is InChI=1S/C14H19NS/c1-9-7-13-14(15-10(2)8-16-13)12-6-4-3-5-11(9)12/h3-6,9-10,13-15H,7-8H2,1-2H3.